The molecule has 0 atom stereocenters. The van der Waals surface area contributed by atoms with E-state index in [1.54, 1.807) is 44.5 Å². The van der Waals surface area contributed by atoms with Crippen molar-refractivity contribution in [3.8, 4) is 17.6 Å². The molecule has 0 bridgehead atoms. The summed E-state index contributed by atoms with van der Waals surface area (Å²) in [5.41, 5.74) is 2.59. The fraction of sp³-hybridized carbons (Fsp3) is 0.179. The summed E-state index contributed by atoms with van der Waals surface area (Å²) in [6, 6.07) is 14.2. The molecule has 36 heavy (non-hydrogen) atoms. The Morgan fingerprint density at radius 2 is 1.81 bits per heavy atom. The van der Waals surface area contributed by atoms with E-state index in [1.807, 2.05) is 25.1 Å². The van der Waals surface area contributed by atoms with Crippen LogP contribution in [0, 0.1) is 25.7 Å². The Kier molecular flexibility index (Phi) is 6.08. The van der Waals surface area contributed by atoms with Gasteiger partial charge in [-0.3, -0.25) is 13.8 Å². The van der Waals surface area contributed by atoms with Crippen molar-refractivity contribution in [3.63, 3.8) is 0 Å². The zero-order valence-corrected chi connectivity index (χ0v) is 20.8. The maximum atomic E-state index is 13.2. The largest absolute Gasteiger partial charge is 0.496 e. The number of aromatic nitrogens is 2. The fourth-order valence-corrected chi connectivity index (χ4v) is 5.03. The van der Waals surface area contributed by atoms with Crippen LogP contribution in [-0.4, -0.2) is 16.1 Å². The van der Waals surface area contributed by atoms with Gasteiger partial charge in [0, 0.05) is 29.6 Å². The third-order valence-corrected chi connectivity index (χ3v) is 7.12. The smallest absolute Gasteiger partial charge is 0.336 e. The van der Waals surface area contributed by atoms with Gasteiger partial charge in [0.05, 0.1) is 18.5 Å². The van der Waals surface area contributed by atoms with Gasteiger partial charge in [0.1, 0.15) is 16.2 Å². The van der Waals surface area contributed by atoms with E-state index < -0.39 is 11.3 Å². The predicted molar refractivity (Wildman–Crippen MR) is 140 cm³/mol. The van der Waals surface area contributed by atoms with Gasteiger partial charge in [0.15, 0.2) is 0 Å². The number of nitrogens with zero attached hydrogens (tertiary/aromatic N) is 2. The number of thiazole rings is 1. The van der Waals surface area contributed by atoms with Crippen LogP contribution in [0.5, 0.6) is 5.75 Å². The molecule has 5 rings (SSSR count). The molecule has 0 fully saturated rings. The Balaban J connectivity index is 1.47. The summed E-state index contributed by atoms with van der Waals surface area (Å²) in [4.78, 5) is 39.0. The summed E-state index contributed by atoms with van der Waals surface area (Å²) in [6.07, 6.45) is 2.22. The van der Waals surface area contributed by atoms with E-state index in [1.165, 1.54) is 26.4 Å². The van der Waals surface area contributed by atoms with Gasteiger partial charge in [-0.1, -0.05) is 30.0 Å². The van der Waals surface area contributed by atoms with Crippen LogP contribution in [0.4, 0.5) is 0 Å². The molecule has 3 heterocycles. The zero-order chi connectivity index (χ0) is 25.4. The minimum absolute atomic E-state index is 0.0998. The zero-order valence-electron chi connectivity index (χ0n) is 20.0. The second-order valence-corrected chi connectivity index (χ2v) is 9.51. The number of benzene rings is 2. The highest BCUT2D eigenvalue weighted by Gasteiger charge is 2.14. The molecule has 0 spiro atoms. The molecule has 0 unspecified atom stereocenters. The van der Waals surface area contributed by atoms with Gasteiger partial charge in [-0.25, -0.2) is 9.59 Å². The predicted octanol–water partition coefficient (Wildman–Crippen LogP) is 3.90. The van der Waals surface area contributed by atoms with Gasteiger partial charge in [-0.2, -0.15) is 0 Å². The lowest BCUT2D eigenvalue weighted by Gasteiger charge is -2.08. The van der Waals surface area contributed by atoms with Gasteiger partial charge < -0.3 is 9.15 Å². The Morgan fingerprint density at radius 1 is 1.00 bits per heavy atom. The van der Waals surface area contributed by atoms with Crippen LogP contribution in [-0.2, 0) is 13.0 Å². The molecule has 0 aliphatic carbocycles. The molecule has 5 aromatic rings. The van der Waals surface area contributed by atoms with Crippen molar-refractivity contribution in [1.82, 2.24) is 8.97 Å². The highest BCUT2D eigenvalue weighted by Crippen LogP contribution is 2.20. The normalized spacial score (nSPS) is 11.0. The third kappa shape index (κ3) is 4.37. The number of hydrogen-bond acceptors (Lipinski definition) is 6. The quantitative estimate of drug-likeness (QED) is 0.277. The number of rotatable bonds is 4. The molecule has 0 N–H and O–H groups in total. The molecule has 2 aromatic carbocycles. The molecule has 7 nitrogen and oxygen atoms in total. The molecule has 180 valence electrons. The summed E-state index contributed by atoms with van der Waals surface area (Å²) >= 11 is 1.33. The standard InChI is InChI=1S/C28H22N2O5S/c1-17-7-8-19(14-24(17)34-3)5-4-6-22-16-30-27(36-22)18(2)26(32)29(28(30)33)15-20-9-11-23-21(13-20)10-12-25(31)35-23/h7-14,16H,5,15H2,1-3H3. The fourth-order valence-electron chi connectivity index (χ4n) is 4.07. The summed E-state index contributed by atoms with van der Waals surface area (Å²) in [5.74, 6) is 7.10. The summed E-state index contributed by atoms with van der Waals surface area (Å²) in [6.45, 7) is 3.80. The van der Waals surface area contributed by atoms with Gasteiger partial charge in [0.25, 0.3) is 5.56 Å². The first-order chi connectivity index (χ1) is 17.3. The van der Waals surface area contributed by atoms with E-state index in [0.29, 0.717) is 27.3 Å². The molecular formula is C28H22N2O5S. The van der Waals surface area contributed by atoms with Crippen LogP contribution in [0.1, 0.15) is 27.1 Å². The molecule has 0 saturated carbocycles. The third-order valence-electron chi connectivity index (χ3n) is 6.00. The summed E-state index contributed by atoms with van der Waals surface area (Å²) < 4.78 is 13.2. The van der Waals surface area contributed by atoms with E-state index in [0.717, 1.165) is 27.8 Å². The molecule has 0 radical (unpaired) electrons. The van der Waals surface area contributed by atoms with Crippen molar-refractivity contribution in [1.29, 1.82) is 0 Å². The number of hydrogen-bond donors (Lipinski definition) is 0. The first-order valence-electron chi connectivity index (χ1n) is 11.2. The lowest BCUT2D eigenvalue weighted by molar-refractivity contribution is 0.411. The van der Waals surface area contributed by atoms with Crippen molar-refractivity contribution in [2.24, 2.45) is 0 Å². The topological polar surface area (TPSA) is 82.9 Å². The van der Waals surface area contributed by atoms with Crippen LogP contribution in [0.2, 0.25) is 0 Å². The van der Waals surface area contributed by atoms with E-state index in [-0.39, 0.29) is 12.1 Å². The minimum atomic E-state index is -0.430. The summed E-state index contributed by atoms with van der Waals surface area (Å²) in [7, 11) is 1.64. The van der Waals surface area contributed by atoms with Crippen molar-refractivity contribution < 1.29 is 9.15 Å². The minimum Gasteiger partial charge on any atom is -0.496 e. The Labute approximate surface area is 209 Å². The SMILES string of the molecule is COc1cc(CC#Cc2cn3c(=O)n(Cc4ccc5oc(=O)ccc5c4)c(=O)c(C)c3s2)ccc1C. The molecule has 0 aliphatic heterocycles. The van der Waals surface area contributed by atoms with Crippen molar-refractivity contribution in [2.45, 2.75) is 26.8 Å². The number of ether oxygens (including phenoxy) is 1. The van der Waals surface area contributed by atoms with Crippen LogP contribution < -0.4 is 21.6 Å². The van der Waals surface area contributed by atoms with E-state index in [2.05, 4.69) is 11.8 Å². The molecule has 3 aromatic heterocycles. The second kappa shape index (κ2) is 9.36. The van der Waals surface area contributed by atoms with Crippen LogP contribution in [0.15, 0.2) is 73.5 Å². The highest BCUT2D eigenvalue weighted by atomic mass is 32.1. The van der Waals surface area contributed by atoms with E-state index in [9.17, 15) is 14.4 Å². The van der Waals surface area contributed by atoms with Crippen LogP contribution in [0.25, 0.3) is 15.8 Å². The molecule has 8 heteroatoms. The maximum Gasteiger partial charge on any atom is 0.336 e. The second-order valence-electron chi connectivity index (χ2n) is 8.48. The van der Waals surface area contributed by atoms with Gasteiger partial charge in [-0.15, -0.1) is 11.3 Å². The first-order valence-corrected chi connectivity index (χ1v) is 12.1. The Morgan fingerprint density at radius 3 is 2.61 bits per heavy atom. The first kappa shape index (κ1) is 23.4. The lowest BCUT2D eigenvalue weighted by atomic mass is 10.1. The van der Waals surface area contributed by atoms with Crippen molar-refractivity contribution >= 4 is 27.1 Å². The van der Waals surface area contributed by atoms with Crippen molar-refractivity contribution in [2.75, 3.05) is 7.11 Å². The van der Waals surface area contributed by atoms with Gasteiger partial charge >= 0.3 is 11.3 Å². The van der Waals surface area contributed by atoms with Gasteiger partial charge in [0.2, 0.25) is 0 Å². The number of aryl methyl sites for hydroxylation is 2. The summed E-state index contributed by atoms with van der Waals surface area (Å²) in [5, 5.41) is 0.720. The Hall–Kier alpha value is -4.35. The number of methoxy groups -OCH3 is 1. The number of fused-ring (bicyclic) bond motifs is 2. The molecule has 0 saturated heterocycles. The average molecular weight is 499 g/mol. The Bertz CT molecular complexity index is 1880. The van der Waals surface area contributed by atoms with Gasteiger partial charge in [-0.05, 0) is 54.8 Å². The average Bonchev–Trinajstić information content (AvgIpc) is 3.31. The maximum absolute atomic E-state index is 13.2. The highest BCUT2D eigenvalue weighted by molar-refractivity contribution is 7.18. The molecule has 0 amide bonds. The molecular weight excluding hydrogens is 476 g/mol. The van der Waals surface area contributed by atoms with Crippen molar-refractivity contribution in [3.05, 3.63) is 113 Å². The monoisotopic (exact) mass is 498 g/mol. The van der Waals surface area contributed by atoms with E-state index in [4.69, 9.17) is 9.15 Å². The molecule has 0 aliphatic rings. The van der Waals surface area contributed by atoms with Crippen LogP contribution >= 0.6 is 11.3 Å². The van der Waals surface area contributed by atoms with E-state index >= 15 is 0 Å². The van der Waals surface area contributed by atoms with Crippen LogP contribution in [0.3, 0.4) is 0 Å². The lowest BCUT2D eigenvalue weighted by Crippen LogP contribution is -2.38.